The number of hydrogen-bond acceptors (Lipinski definition) is 10. The van der Waals surface area contributed by atoms with E-state index in [1.807, 2.05) is 0 Å². The van der Waals surface area contributed by atoms with Gasteiger partial charge >= 0.3 is 0 Å². The van der Waals surface area contributed by atoms with Crippen LogP contribution in [-0.2, 0) is 40.5 Å². The van der Waals surface area contributed by atoms with Gasteiger partial charge in [0, 0.05) is 37.2 Å². The molecule has 1 heterocycles. The molecule has 0 aromatic carbocycles. The molecule has 2 N–H and O–H groups in total. The fourth-order valence-corrected chi connectivity index (χ4v) is 6.46. The van der Waals surface area contributed by atoms with Crippen molar-refractivity contribution in [3.05, 3.63) is 0 Å². The Morgan fingerprint density at radius 2 is 0.735 bits per heavy atom. The lowest BCUT2D eigenvalue weighted by molar-refractivity contribution is -1.03. The molecule has 0 radical (unpaired) electrons. The molecule has 1 rings (SSSR count). The number of quaternary nitrogens is 2. The monoisotopic (exact) mass is 574 g/mol. The van der Waals surface area contributed by atoms with Crippen LogP contribution in [0.1, 0.15) is 25.7 Å². The fourth-order valence-electron chi connectivity index (χ4n) is 4.51. The van der Waals surface area contributed by atoms with Gasteiger partial charge in [-0.1, -0.05) is 0 Å². The Kier molecular flexibility index (Phi) is 11.3. The summed E-state index contributed by atoms with van der Waals surface area (Å²) in [7, 11) is -17.3. The minimum Gasteiger partial charge on any atom is -0.748 e. The van der Waals surface area contributed by atoms with Crippen molar-refractivity contribution in [1.29, 1.82) is 0 Å². The quantitative estimate of drug-likeness (QED) is 0.152. The summed E-state index contributed by atoms with van der Waals surface area (Å²) in [5, 5.41) is 0. The van der Waals surface area contributed by atoms with Crippen molar-refractivity contribution in [2.24, 2.45) is 0 Å². The van der Waals surface area contributed by atoms with E-state index in [0.29, 0.717) is 43.8 Å². The van der Waals surface area contributed by atoms with E-state index in [4.69, 9.17) is 9.11 Å². The van der Waals surface area contributed by atoms with E-state index in [9.17, 15) is 42.8 Å². The molecule has 18 heteroatoms. The lowest BCUT2D eigenvalue weighted by Gasteiger charge is -2.50. The molecule has 1 fully saturated rings. The molecule has 0 atom stereocenters. The number of nitrogens with zero attached hydrogens (tertiary/aromatic N) is 2. The summed E-state index contributed by atoms with van der Waals surface area (Å²) < 4.78 is 129. The van der Waals surface area contributed by atoms with Crippen LogP contribution in [0.4, 0.5) is 0 Å². The van der Waals surface area contributed by atoms with Crippen LogP contribution in [0.3, 0.4) is 0 Å². The van der Waals surface area contributed by atoms with Gasteiger partial charge in [-0.2, -0.15) is 16.8 Å². The molecule has 1 saturated heterocycles. The van der Waals surface area contributed by atoms with E-state index >= 15 is 0 Å². The largest absolute Gasteiger partial charge is 0.748 e. The van der Waals surface area contributed by atoms with Crippen molar-refractivity contribution < 1.29 is 60.8 Å². The predicted octanol–water partition coefficient (Wildman–Crippen LogP) is -1.94. The minimum atomic E-state index is -4.44. The van der Waals surface area contributed by atoms with Gasteiger partial charge in [-0.15, -0.1) is 0 Å². The molecule has 0 spiro atoms. The summed E-state index contributed by atoms with van der Waals surface area (Å²) in [5.74, 6) is -2.13. The smallest absolute Gasteiger partial charge is 0.265 e. The lowest BCUT2D eigenvalue weighted by Crippen LogP contribution is -2.68. The second-order valence-corrected chi connectivity index (χ2v) is 15.2. The van der Waals surface area contributed by atoms with Crippen LogP contribution in [0.15, 0.2) is 0 Å². The van der Waals surface area contributed by atoms with E-state index in [-0.39, 0.29) is 43.3 Å². The van der Waals surface area contributed by atoms with E-state index in [2.05, 4.69) is 0 Å². The first-order valence-electron chi connectivity index (χ1n) is 10.7. The van der Waals surface area contributed by atoms with Crippen molar-refractivity contribution in [1.82, 2.24) is 0 Å². The Labute approximate surface area is 202 Å². The summed E-state index contributed by atoms with van der Waals surface area (Å²) in [6.45, 7) is 2.73. The fraction of sp³-hybridized carbons (Fsp3) is 1.00. The van der Waals surface area contributed by atoms with Crippen LogP contribution in [0.2, 0.25) is 0 Å². The average Bonchev–Trinajstić information content (AvgIpc) is 2.60. The van der Waals surface area contributed by atoms with Crippen LogP contribution >= 0.6 is 0 Å². The predicted molar refractivity (Wildman–Crippen MR) is 120 cm³/mol. The molecule has 0 amide bonds. The van der Waals surface area contributed by atoms with Crippen molar-refractivity contribution >= 4 is 40.5 Å². The molecule has 0 aromatic rings. The Morgan fingerprint density at radius 1 is 0.500 bits per heavy atom. The molecule has 204 valence electrons. The zero-order chi connectivity index (χ0) is 26.3. The third kappa shape index (κ3) is 14.2. The van der Waals surface area contributed by atoms with Crippen LogP contribution in [0.25, 0.3) is 0 Å². The first kappa shape index (κ1) is 31.6. The number of piperazine rings is 1. The zero-order valence-electron chi connectivity index (χ0n) is 18.8. The highest BCUT2D eigenvalue weighted by Crippen LogP contribution is 2.23. The van der Waals surface area contributed by atoms with Crippen molar-refractivity contribution in [2.75, 3.05) is 75.4 Å². The van der Waals surface area contributed by atoms with Gasteiger partial charge in [0.05, 0.1) is 57.9 Å². The van der Waals surface area contributed by atoms with Crippen LogP contribution < -0.4 is 0 Å². The van der Waals surface area contributed by atoms with Gasteiger partial charge in [0.15, 0.2) is 0 Å². The maximum absolute atomic E-state index is 11.1. The molecule has 1 aliphatic rings. The molecule has 0 aliphatic carbocycles. The second-order valence-electron chi connectivity index (χ2n) is 8.98. The summed E-state index contributed by atoms with van der Waals surface area (Å²) >= 11 is 0. The van der Waals surface area contributed by atoms with E-state index in [0.717, 1.165) is 0 Å². The Hall–Kier alpha value is -0.440. The van der Waals surface area contributed by atoms with Gasteiger partial charge in [0.25, 0.3) is 20.2 Å². The number of hydrogen-bond donors (Lipinski definition) is 2. The number of rotatable bonds is 16. The van der Waals surface area contributed by atoms with Crippen molar-refractivity contribution in [3.63, 3.8) is 0 Å². The second kappa shape index (κ2) is 12.2. The Balaban J connectivity index is 2.97. The standard InChI is InChI=1S/C16H34N2O12S4/c19-31(20,21)13-1-5-17(6-2-14-32(22,23)24)9-11-18(12-10-17,7-3-15-33(25,26)27)8-4-16-34(28,29)30/h1-16H2,(H2-2,19,20,21,22,23,24,25,26,27,28,29,30). The molecule has 0 saturated carbocycles. The molecule has 0 aromatic heterocycles. The van der Waals surface area contributed by atoms with Crippen LogP contribution in [-0.4, -0.2) is 136 Å². The molecular formula is C16H34N2O12S4. The van der Waals surface area contributed by atoms with E-state index in [1.165, 1.54) is 0 Å². The first-order chi connectivity index (χ1) is 15.2. The normalized spacial score (nSPS) is 19.2. The summed E-state index contributed by atoms with van der Waals surface area (Å²) in [4.78, 5) is 0. The lowest BCUT2D eigenvalue weighted by atomic mass is 10.1. The minimum absolute atomic E-state index is 0.0431. The maximum atomic E-state index is 11.1. The van der Waals surface area contributed by atoms with E-state index < -0.39 is 63.5 Å². The highest BCUT2D eigenvalue weighted by atomic mass is 32.2. The van der Waals surface area contributed by atoms with Gasteiger partial charge in [-0.25, -0.2) is 16.8 Å². The van der Waals surface area contributed by atoms with Crippen LogP contribution in [0.5, 0.6) is 0 Å². The maximum Gasteiger partial charge on any atom is 0.265 e. The van der Waals surface area contributed by atoms with Gasteiger partial charge in [-0.05, 0) is 0 Å². The highest BCUT2D eigenvalue weighted by molar-refractivity contribution is 7.86. The molecular weight excluding hydrogens is 540 g/mol. The average molecular weight is 575 g/mol. The third-order valence-corrected chi connectivity index (χ3v) is 9.41. The molecule has 0 bridgehead atoms. The van der Waals surface area contributed by atoms with Gasteiger partial charge in [0.1, 0.15) is 26.2 Å². The summed E-state index contributed by atoms with van der Waals surface area (Å²) in [6.07, 6.45) is 0.296. The Morgan fingerprint density at radius 3 is 0.941 bits per heavy atom. The van der Waals surface area contributed by atoms with Gasteiger partial charge in [0.2, 0.25) is 0 Å². The van der Waals surface area contributed by atoms with E-state index in [1.54, 1.807) is 0 Å². The van der Waals surface area contributed by atoms with Gasteiger partial charge in [-0.3, -0.25) is 9.11 Å². The first-order valence-corrected chi connectivity index (χ1v) is 17.1. The molecule has 0 unspecified atom stereocenters. The van der Waals surface area contributed by atoms with Crippen molar-refractivity contribution in [3.8, 4) is 0 Å². The Bertz CT molecular complexity index is 909. The molecule has 14 nitrogen and oxygen atoms in total. The summed E-state index contributed by atoms with van der Waals surface area (Å²) in [6, 6.07) is 0. The SMILES string of the molecule is O=S(=O)([O-])CCC[N+]1(CCCS(=O)(=O)[O-])CC[N+](CCCS(=O)(=O)O)(CCCS(=O)(=O)O)CC1. The van der Waals surface area contributed by atoms with Crippen LogP contribution in [0, 0.1) is 0 Å². The topological polar surface area (TPSA) is 223 Å². The molecule has 1 aliphatic heterocycles. The highest BCUT2D eigenvalue weighted by Gasteiger charge is 2.41. The third-order valence-electron chi connectivity index (χ3n) is 6.22. The molecule has 34 heavy (non-hydrogen) atoms. The zero-order valence-corrected chi connectivity index (χ0v) is 22.1. The summed E-state index contributed by atoms with van der Waals surface area (Å²) in [5.41, 5.74) is 0. The van der Waals surface area contributed by atoms with Gasteiger partial charge < -0.3 is 18.1 Å². The van der Waals surface area contributed by atoms with Crippen molar-refractivity contribution in [2.45, 2.75) is 25.7 Å².